The van der Waals surface area contributed by atoms with Crippen LogP contribution >= 0.6 is 11.8 Å². The zero-order chi connectivity index (χ0) is 25.1. The Bertz CT molecular complexity index is 1460. The van der Waals surface area contributed by atoms with Gasteiger partial charge in [-0.05, 0) is 60.5 Å². The van der Waals surface area contributed by atoms with Crippen LogP contribution in [0, 0.1) is 6.92 Å². The maximum atomic E-state index is 12.5. The molecule has 1 amide bonds. The first-order valence-electron chi connectivity index (χ1n) is 11.0. The van der Waals surface area contributed by atoms with E-state index in [1.54, 1.807) is 53.5 Å². The van der Waals surface area contributed by atoms with Crippen LogP contribution in [-0.4, -0.2) is 50.0 Å². The lowest BCUT2D eigenvalue weighted by Gasteiger charge is -2.18. The Morgan fingerprint density at radius 2 is 1.86 bits per heavy atom. The van der Waals surface area contributed by atoms with E-state index in [0.717, 1.165) is 33.8 Å². The van der Waals surface area contributed by atoms with Gasteiger partial charge in [-0.1, -0.05) is 36.0 Å². The van der Waals surface area contributed by atoms with Crippen LogP contribution in [0.4, 0.5) is 5.69 Å². The fourth-order valence-corrected chi connectivity index (χ4v) is 4.48. The normalized spacial score (nSPS) is 14.8. The van der Waals surface area contributed by atoms with Crippen molar-refractivity contribution >= 4 is 34.7 Å². The summed E-state index contributed by atoms with van der Waals surface area (Å²) in [6, 6.07) is 19.9. The molecule has 1 fully saturated rings. The van der Waals surface area contributed by atoms with E-state index >= 15 is 0 Å². The number of rotatable bonds is 6. The van der Waals surface area contributed by atoms with Crippen LogP contribution in [0.5, 0.6) is 11.5 Å². The Balaban J connectivity index is 1.30. The smallest absolute Gasteiger partial charge is 0.243 e. The van der Waals surface area contributed by atoms with Gasteiger partial charge < -0.3 is 9.84 Å². The van der Waals surface area contributed by atoms with E-state index in [2.05, 4.69) is 20.3 Å². The average molecular weight is 499 g/mol. The Morgan fingerprint density at radius 3 is 2.58 bits per heavy atom. The number of carbonyl (C=O) groups excluding carboxylic acids is 1. The summed E-state index contributed by atoms with van der Waals surface area (Å²) in [7, 11) is 1.61. The number of hydrogen-bond acceptors (Lipinski definition) is 8. The van der Waals surface area contributed by atoms with Crippen LogP contribution in [0.1, 0.15) is 11.1 Å². The molecule has 0 spiro atoms. The van der Waals surface area contributed by atoms with Crippen molar-refractivity contribution in [3.63, 3.8) is 0 Å². The fraction of sp³-hybridized carbons (Fsp3) is 0.115. The lowest BCUT2D eigenvalue weighted by Crippen LogP contribution is -2.29. The summed E-state index contributed by atoms with van der Waals surface area (Å²) in [5.74, 6) is 1.79. The minimum Gasteiger partial charge on any atom is -0.508 e. The summed E-state index contributed by atoms with van der Waals surface area (Å²) >= 11 is 1.36. The van der Waals surface area contributed by atoms with E-state index in [1.807, 2.05) is 49.4 Å². The van der Waals surface area contributed by atoms with Crippen LogP contribution in [0.15, 0.2) is 83.3 Å². The van der Waals surface area contributed by atoms with E-state index < -0.39 is 0 Å². The fourth-order valence-electron chi connectivity index (χ4n) is 3.67. The van der Waals surface area contributed by atoms with E-state index in [1.165, 1.54) is 11.8 Å². The summed E-state index contributed by atoms with van der Waals surface area (Å²) in [6.45, 7) is 1.93. The number of hydrogen-bond donors (Lipinski definition) is 1. The van der Waals surface area contributed by atoms with Gasteiger partial charge in [-0.3, -0.25) is 9.69 Å². The number of aromatic nitrogens is 3. The molecule has 36 heavy (non-hydrogen) atoms. The van der Waals surface area contributed by atoms with Gasteiger partial charge in [0.15, 0.2) is 11.0 Å². The van der Waals surface area contributed by atoms with Crippen LogP contribution in [0.25, 0.3) is 17.1 Å². The molecule has 0 atom stereocenters. The third kappa shape index (κ3) is 4.84. The molecule has 0 saturated carbocycles. The van der Waals surface area contributed by atoms with Gasteiger partial charge in [-0.25, -0.2) is 9.67 Å². The zero-order valence-corrected chi connectivity index (χ0v) is 20.4. The van der Waals surface area contributed by atoms with Crippen LogP contribution in [-0.2, 0) is 4.79 Å². The second-order valence-electron chi connectivity index (χ2n) is 7.95. The molecule has 1 aliphatic rings. The highest BCUT2D eigenvalue weighted by Crippen LogP contribution is 2.31. The Morgan fingerprint density at radius 1 is 1.08 bits per heavy atom. The first-order chi connectivity index (χ1) is 17.5. The first kappa shape index (κ1) is 23.3. The second-order valence-corrected chi connectivity index (χ2v) is 8.89. The summed E-state index contributed by atoms with van der Waals surface area (Å²) in [4.78, 5) is 18.5. The predicted octanol–water partition coefficient (Wildman–Crippen LogP) is 4.43. The van der Waals surface area contributed by atoms with Gasteiger partial charge >= 0.3 is 0 Å². The number of methoxy groups -OCH3 is 1. The third-order valence-electron chi connectivity index (χ3n) is 5.54. The Kier molecular flexibility index (Phi) is 6.50. The lowest BCUT2D eigenvalue weighted by molar-refractivity contribution is -0.115. The molecule has 5 rings (SSSR count). The highest BCUT2D eigenvalue weighted by atomic mass is 32.2. The molecule has 0 bridgehead atoms. The number of amides is 1. The van der Waals surface area contributed by atoms with Gasteiger partial charge in [0, 0.05) is 5.56 Å². The highest BCUT2D eigenvalue weighted by molar-refractivity contribution is 8.15. The van der Waals surface area contributed by atoms with Crippen molar-refractivity contribution in [2.24, 2.45) is 10.2 Å². The first-order valence-corrected chi connectivity index (χ1v) is 12.0. The largest absolute Gasteiger partial charge is 0.508 e. The van der Waals surface area contributed by atoms with Gasteiger partial charge in [0.1, 0.15) is 17.8 Å². The Labute approximate surface area is 211 Å². The average Bonchev–Trinajstić information content (AvgIpc) is 3.52. The molecule has 1 aliphatic heterocycles. The van der Waals surface area contributed by atoms with E-state index in [4.69, 9.17) is 4.74 Å². The molecule has 4 aromatic rings. The van der Waals surface area contributed by atoms with Crippen molar-refractivity contribution in [2.45, 2.75) is 6.92 Å². The molecule has 10 heteroatoms. The van der Waals surface area contributed by atoms with E-state index in [0.29, 0.717) is 16.7 Å². The van der Waals surface area contributed by atoms with E-state index in [-0.39, 0.29) is 11.7 Å². The van der Waals surface area contributed by atoms with E-state index in [9.17, 15) is 9.90 Å². The zero-order valence-electron chi connectivity index (χ0n) is 19.6. The molecule has 1 N–H and O–H groups in total. The number of phenolic OH excluding ortho intramolecular Hbond substituents is 1. The number of ether oxygens (including phenoxy) is 1. The molecular weight excluding hydrogens is 476 g/mol. The number of anilines is 1. The predicted molar refractivity (Wildman–Crippen MR) is 141 cm³/mol. The molecular formula is C26H22N6O3S. The summed E-state index contributed by atoms with van der Waals surface area (Å²) in [5.41, 5.74) is 4.19. The number of benzene rings is 3. The molecule has 0 aliphatic carbocycles. The van der Waals surface area contributed by atoms with Gasteiger partial charge in [0.2, 0.25) is 5.91 Å². The van der Waals surface area contributed by atoms with Gasteiger partial charge in [-0.15, -0.1) is 10.2 Å². The van der Waals surface area contributed by atoms with Crippen molar-refractivity contribution in [1.82, 2.24) is 14.8 Å². The highest BCUT2D eigenvalue weighted by Gasteiger charge is 2.31. The number of aromatic hydroxyl groups is 1. The Hall–Kier alpha value is -4.44. The van der Waals surface area contributed by atoms with Gasteiger partial charge in [0.25, 0.3) is 0 Å². The molecule has 0 radical (unpaired) electrons. The van der Waals surface area contributed by atoms with Crippen molar-refractivity contribution in [1.29, 1.82) is 0 Å². The van der Waals surface area contributed by atoms with Crippen molar-refractivity contribution < 1.29 is 14.6 Å². The standard InChI is InChI=1S/C26H22N6O3S/c1-17-13-22(35-2)11-12-23(17)32-24(34)15-36-26(32)29-28-14-18-3-5-19(6-4-18)25-27-16-31(30-25)20-7-9-21(33)10-8-20/h3-14,16,33H,15H2,1-2H3/b28-14+,29-26-. The number of phenols is 1. The number of nitrogens with zero attached hydrogens (tertiary/aromatic N) is 6. The quantitative estimate of drug-likeness (QED) is 0.312. The van der Waals surface area contributed by atoms with Crippen molar-refractivity contribution in [2.75, 3.05) is 17.8 Å². The molecule has 180 valence electrons. The second kappa shape index (κ2) is 10.0. The van der Waals surface area contributed by atoms with Crippen molar-refractivity contribution in [3.8, 4) is 28.6 Å². The number of aryl methyl sites for hydroxylation is 1. The number of thioether (sulfide) groups is 1. The van der Waals surface area contributed by atoms with Gasteiger partial charge in [-0.2, -0.15) is 5.10 Å². The number of carbonyl (C=O) groups is 1. The SMILES string of the molecule is COc1ccc(N2C(=O)CS/C2=N\N=C\c2ccc(-c3ncn(-c4ccc(O)cc4)n3)cc2)c(C)c1. The summed E-state index contributed by atoms with van der Waals surface area (Å²) < 4.78 is 6.91. The molecule has 2 heterocycles. The monoisotopic (exact) mass is 498 g/mol. The molecule has 1 aromatic heterocycles. The lowest BCUT2D eigenvalue weighted by atomic mass is 10.1. The van der Waals surface area contributed by atoms with Crippen LogP contribution in [0.2, 0.25) is 0 Å². The topological polar surface area (TPSA) is 105 Å². The molecule has 1 saturated heterocycles. The van der Waals surface area contributed by atoms with Crippen molar-refractivity contribution in [3.05, 3.63) is 84.2 Å². The molecule has 9 nitrogen and oxygen atoms in total. The molecule has 3 aromatic carbocycles. The minimum absolute atomic E-state index is 0.0363. The maximum absolute atomic E-state index is 12.5. The molecule has 0 unspecified atom stereocenters. The maximum Gasteiger partial charge on any atom is 0.243 e. The summed E-state index contributed by atoms with van der Waals surface area (Å²) in [6.07, 6.45) is 3.27. The summed E-state index contributed by atoms with van der Waals surface area (Å²) in [5, 5.41) is 23.0. The minimum atomic E-state index is -0.0363. The third-order valence-corrected chi connectivity index (χ3v) is 6.45. The van der Waals surface area contributed by atoms with Crippen LogP contribution < -0.4 is 9.64 Å². The number of amidine groups is 1. The van der Waals surface area contributed by atoms with Crippen LogP contribution in [0.3, 0.4) is 0 Å². The van der Waals surface area contributed by atoms with Gasteiger partial charge in [0.05, 0.1) is 30.5 Å².